The Hall–Kier alpha value is -2.54. The van der Waals surface area contributed by atoms with E-state index in [-0.39, 0.29) is 5.91 Å². The molecule has 1 saturated heterocycles. The van der Waals surface area contributed by atoms with Gasteiger partial charge in [0.15, 0.2) is 4.67 Å². The van der Waals surface area contributed by atoms with E-state index in [1.807, 2.05) is 29.2 Å². The minimum absolute atomic E-state index is 0.0154. The second-order valence-corrected chi connectivity index (χ2v) is 6.89. The van der Waals surface area contributed by atoms with E-state index in [2.05, 4.69) is 25.8 Å². The predicted molar refractivity (Wildman–Crippen MR) is 103 cm³/mol. The van der Waals surface area contributed by atoms with Gasteiger partial charge in [0.1, 0.15) is 17.2 Å². The highest BCUT2D eigenvalue weighted by molar-refractivity contribution is 9.10. The summed E-state index contributed by atoms with van der Waals surface area (Å²) >= 11 is 3.33. The van der Waals surface area contributed by atoms with Crippen LogP contribution in [-0.4, -0.2) is 49.1 Å². The number of pyridine rings is 1. The second kappa shape index (κ2) is 6.99. The first-order valence-electron chi connectivity index (χ1n) is 8.38. The molecule has 0 spiro atoms. The molecule has 0 radical (unpaired) electrons. The molecule has 3 aromatic rings. The molecule has 1 aromatic carbocycles. The van der Waals surface area contributed by atoms with Gasteiger partial charge < -0.3 is 19.0 Å². The number of carbonyl (C=O) groups excluding carboxylic acids is 1. The number of piperazine rings is 1. The van der Waals surface area contributed by atoms with Crippen molar-refractivity contribution in [3.63, 3.8) is 0 Å². The number of fused-ring (bicyclic) bond motifs is 1. The number of rotatable bonds is 3. The number of hydrogen-bond acceptors (Lipinski definition) is 5. The van der Waals surface area contributed by atoms with Crippen LogP contribution in [0.4, 0.5) is 5.82 Å². The maximum Gasteiger partial charge on any atom is 0.254 e. The number of methoxy groups -OCH3 is 1. The quantitative estimate of drug-likeness (QED) is 0.654. The van der Waals surface area contributed by atoms with Gasteiger partial charge in [-0.25, -0.2) is 4.98 Å². The molecule has 2 aromatic heterocycles. The summed E-state index contributed by atoms with van der Waals surface area (Å²) in [5.41, 5.74) is 1.20. The molecule has 1 fully saturated rings. The Kier molecular flexibility index (Phi) is 4.55. The molecule has 1 aliphatic heterocycles. The highest BCUT2D eigenvalue weighted by atomic mass is 79.9. The standard InChI is InChI=1S/C19H18BrN3O3/c1-25-15-10-13(11-16-14(15)12-17(20)26-16)19(24)23-8-6-22(7-9-23)18-4-2-3-5-21-18/h2-5,10-12H,6-9H2,1H3. The number of amides is 1. The van der Waals surface area contributed by atoms with Crippen LogP contribution in [0.3, 0.4) is 0 Å². The van der Waals surface area contributed by atoms with E-state index in [1.54, 1.807) is 25.4 Å². The molecule has 0 atom stereocenters. The molecule has 4 rings (SSSR count). The molecule has 0 unspecified atom stereocenters. The fourth-order valence-electron chi connectivity index (χ4n) is 3.23. The number of carbonyl (C=O) groups is 1. The van der Waals surface area contributed by atoms with E-state index in [0.29, 0.717) is 34.7 Å². The summed E-state index contributed by atoms with van der Waals surface area (Å²) in [6.45, 7) is 2.82. The van der Waals surface area contributed by atoms with Crippen molar-refractivity contribution in [1.82, 2.24) is 9.88 Å². The average Bonchev–Trinajstić information content (AvgIpc) is 3.07. The number of hydrogen-bond donors (Lipinski definition) is 0. The number of ether oxygens (including phenoxy) is 1. The Bertz CT molecular complexity index is 934. The minimum atomic E-state index is -0.0154. The Morgan fingerprint density at radius 3 is 2.69 bits per heavy atom. The van der Waals surface area contributed by atoms with Crippen molar-refractivity contribution >= 4 is 38.6 Å². The Morgan fingerprint density at radius 2 is 2.00 bits per heavy atom. The van der Waals surface area contributed by atoms with E-state index in [4.69, 9.17) is 9.15 Å². The third-order valence-electron chi connectivity index (χ3n) is 4.58. The van der Waals surface area contributed by atoms with Crippen LogP contribution in [0.1, 0.15) is 10.4 Å². The summed E-state index contributed by atoms with van der Waals surface area (Å²) in [6.07, 6.45) is 1.79. The molecule has 6 nitrogen and oxygen atoms in total. The molecule has 0 saturated carbocycles. The van der Waals surface area contributed by atoms with Gasteiger partial charge in [-0.15, -0.1) is 0 Å². The lowest BCUT2D eigenvalue weighted by Crippen LogP contribution is -2.49. The molecular formula is C19H18BrN3O3. The van der Waals surface area contributed by atoms with Gasteiger partial charge in [-0.05, 0) is 40.2 Å². The largest absolute Gasteiger partial charge is 0.496 e. The maximum atomic E-state index is 12.9. The topological polar surface area (TPSA) is 58.8 Å². The third-order valence-corrected chi connectivity index (χ3v) is 4.97. The Balaban J connectivity index is 1.52. The van der Waals surface area contributed by atoms with Gasteiger partial charge >= 0.3 is 0 Å². The van der Waals surface area contributed by atoms with Gasteiger partial charge in [-0.3, -0.25) is 4.79 Å². The van der Waals surface area contributed by atoms with Crippen molar-refractivity contribution in [2.45, 2.75) is 0 Å². The molecule has 1 aliphatic rings. The minimum Gasteiger partial charge on any atom is -0.496 e. The first-order chi connectivity index (χ1) is 12.7. The summed E-state index contributed by atoms with van der Waals surface area (Å²) in [5.74, 6) is 1.56. The van der Waals surface area contributed by atoms with Crippen molar-refractivity contribution in [2.75, 3.05) is 38.2 Å². The van der Waals surface area contributed by atoms with Crippen molar-refractivity contribution in [3.8, 4) is 5.75 Å². The number of anilines is 1. The molecule has 1 amide bonds. The summed E-state index contributed by atoms with van der Waals surface area (Å²) in [6, 6.07) is 11.3. The smallest absolute Gasteiger partial charge is 0.254 e. The van der Waals surface area contributed by atoms with E-state index in [0.717, 1.165) is 24.3 Å². The van der Waals surface area contributed by atoms with Crippen LogP contribution in [0.5, 0.6) is 5.75 Å². The molecule has 26 heavy (non-hydrogen) atoms. The fraction of sp³-hybridized carbons (Fsp3) is 0.263. The Morgan fingerprint density at radius 1 is 1.19 bits per heavy atom. The van der Waals surface area contributed by atoms with Crippen molar-refractivity contribution in [3.05, 3.63) is 52.8 Å². The van der Waals surface area contributed by atoms with Gasteiger partial charge in [0.25, 0.3) is 5.91 Å². The van der Waals surface area contributed by atoms with Gasteiger partial charge in [0, 0.05) is 44.0 Å². The molecular weight excluding hydrogens is 398 g/mol. The first kappa shape index (κ1) is 16.9. The Labute approximate surface area is 159 Å². The summed E-state index contributed by atoms with van der Waals surface area (Å²) in [5, 5.41) is 0.843. The highest BCUT2D eigenvalue weighted by Gasteiger charge is 2.24. The lowest BCUT2D eigenvalue weighted by molar-refractivity contribution is 0.0746. The molecule has 7 heteroatoms. The van der Waals surface area contributed by atoms with E-state index in [1.165, 1.54) is 0 Å². The average molecular weight is 416 g/mol. The molecule has 0 N–H and O–H groups in total. The van der Waals surface area contributed by atoms with Crippen LogP contribution in [-0.2, 0) is 0 Å². The number of furan rings is 1. The fourth-order valence-corrected chi connectivity index (χ4v) is 3.63. The van der Waals surface area contributed by atoms with Crippen molar-refractivity contribution in [1.29, 1.82) is 0 Å². The normalized spacial score (nSPS) is 14.7. The number of halogens is 1. The van der Waals surface area contributed by atoms with Crippen molar-refractivity contribution < 1.29 is 13.9 Å². The van der Waals surface area contributed by atoms with Crippen LogP contribution >= 0.6 is 15.9 Å². The van der Waals surface area contributed by atoms with E-state index < -0.39 is 0 Å². The zero-order valence-electron chi connectivity index (χ0n) is 14.3. The van der Waals surface area contributed by atoms with Crippen molar-refractivity contribution in [2.24, 2.45) is 0 Å². The van der Waals surface area contributed by atoms with Gasteiger partial charge in [-0.1, -0.05) is 6.07 Å². The zero-order chi connectivity index (χ0) is 18.1. The summed E-state index contributed by atoms with van der Waals surface area (Å²) in [7, 11) is 1.59. The van der Waals surface area contributed by atoms with Crippen LogP contribution in [0.2, 0.25) is 0 Å². The highest BCUT2D eigenvalue weighted by Crippen LogP contribution is 2.33. The van der Waals surface area contributed by atoms with Crippen LogP contribution < -0.4 is 9.64 Å². The summed E-state index contributed by atoms with van der Waals surface area (Å²) in [4.78, 5) is 21.4. The number of benzene rings is 1. The second-order valence-electron chi connectivity index (χ2n) is 6.11. The molecule has 0 bridgehead atoms. The number of nitrogens with zero attached hydrogens (tertiary/aromatic N) is 3. The lowest BCUT2D eigenvalue weighted by Gasteiger charge is -2.35. The van der Waals surface area contributed by atoms with Crippen LogP contribution in [0.15, 0.2) is 51.7 Å². The SMILES string of the molecule is COc1cc(C(=O)N2CCN(c3ccccn3)CC2)cc2oc(Br)cc12. The van der Waals surface area contributed by atoms with Gasteiger partial charge in [0.05, 0.1) is 12.5 Å². The monoisotopic (exact) mass is 415 g/mol. The maximum absolute atomic E-state index is 12.9. The van der Waals surface area contributed by atoms with Crippen LogP contribution in [0, 0.1) is 0 Å². The van der Waals surface area contributed by atoms with E-state index >= 15 is 0 Å². The zero-order valence-corrected chi connectivity index (χ0v) is 15.9. The van der Waals surface area contributed by atoms with Gasteiger partial charge in [-0.2, -0.15) is 0 Å². The van der Waals surface area contributed by atoms with Crippen LogP contribution in [0.25, 0.3) is 11.0 Å². The molecule has 3 heterocycles. The summed E-state index contributed by atoms with van der Waals surface area (Å²) < 4.78 is 11.6. The van der Waals surface area contributed by atoms with Gasteiger partial charge in [0.2, 0.25) is 0 Å². The lowest BCUT2D eigenvalue weighted by atomic mass is 10.1. The predicted octanol–water partition coefficient (Wildman–Crippen LogP) is 3.56. The molecule has 134 valence electrons. The van der Waals surface area contributed by atoms with E-state index in [9.17, 15) is 4.79 Å². The molecule has 0 aliphatic carbocycles. The third kappa shape index (κ3) is 3.14. The first-order valence-corrected chi connectivity index (χ1v) is 9.17. The number of aromatic nitrogens is 1.